The zero-order valence-corrected chi connectivity index (χ0v) is 13.3. The third-order valence-corrected chi connectivity index (χ3v) is 2.98. The Hall–Kier alpha value is -2.30. The van der Waals surface area contributed by atoms with Crippen molar-refractivity contribution in [3.05, 3.63) is 29.8 Å². The van der Waals surface area contributed by atoms with Crippen LogP contribution in [0.15, 0.2) is 24.3 Å². The molecule has 0 radical (unpaired) electrons. The molecular formula is C17H22O5. The third kappa shape index (κ3) is 5.99. The van der Waals surface area contributed by atoms with Gasteiger partial charge in [0, 0.05) is 12.8 Å². The van der Waals surface area contributed by atoms with Gasteiger partial charge < -0.3 is 14.2 Å². The van der Waals surface area contributed by atoms with Gasteiger partial charge in [0.1, 0.15) is 0 Å². The van der Waals surface area contributed by atoms with E-state index in [1.807, 2.05) is 6.07 Å². The zero-order chi connectivity index (χ0) is 16.4. The van der Waals surface area contributed by atoms with Crippen molar-refractivity contribution in [1.82, 2.24) is 0 Å². The molecule has 0 fully saturated rings. The maximum absolute atomic E-state index is 11.7. The summed E-state index contributed by atoms with van der Waals surface area (Å²) in [4.78, 5) is 22.9. The molecule has 0 bridgehead atoms. The first-order chi connectivity index (χ1) is 10.6. The summed E-state index contributed by atoms with van der Waals surface area (Å²) in [5.41, 5.74) is 0.844. The van der Waals surface area contributed by atoms with Crippen molar-refractivity contribution in [3.63, 3.8) is 0 Å². The molecule has 0 aliphatic heterocycles. The Balaban J connectivity index is 2.50. The summed E-state index contributed by atoms with van der Waals surface area (Å²) >= 11 is 0. The third-order valence-electron chi connectivity index (χ3n) is 2.98. The maximum Gasteiger partial charge on any atom is 0.305 e. The van der Waals surface area contributed by atoms with Crippen molar-refractivity contribution in [1.29, 1.82) is 0 Å². The second kappa shape index (κ2) is 9.60. The van der Waals surface area contributed by atoms with Crippen molar-refractivity contribution < 1.29 is 23.8 Å². The van der Waals surface area contributed by atoms with Gasteiger partial charge in [0.2, 0.25) is 0 Å². The van der Waals surface area contributed by atoms with Crippen LogP contribution in [0, 0.1) is 0 Å². The van der Waals surface area contributed by atoms with Gasteiger partial charge in [0.15, 0.2) is 17.3 Å². The second-order valence-corrected chi connectivity index (χ2v) is 4.57. The van der Waals surface area contributed by atoms with Gasteiger partial charge in [-0.15, -0.1) is 0 Å². The van der Waals surface area contributed by atoms with Crippen LogP contribution in [0.5, 0.6) is 11.5 Å². The van der Waals surface area contributed by atoms with Gasteiger partial charge in [-0.1, -0.05) is 12.1 Å². The molecule has 0 aliphatic carbocycles. The predicted octanol–water partition coefficient (Wildman–Crippen LogP) is 3.02. The van der Waals surface area contributed by atoms with Crippen LogP contribution in [0.4, 0.5) is 0 Å². The summed E-state index contributed by atoms with van der Waals surface area (Å²) in [7, 11) is 3.13. The molecule has 0 amide bonds. The fraction of sp³-hybridized carbons (Fsp3) is 0.412. The van der Waals surface area contributed by atoms with E-state index in [2.05, 4.69) is 0 Å². The Morgan fingerprint density at radius 1 is 1.09 bits per heavy atom. The number of hydrogen-bond acceptors (Lipinski definition) is 5. The fourth-order valence-corrected chi connectivity index (χ4v) is 1.87. The monoisotopic (exact) mass is 306 g/mol. The van der Waals surface area contributed by atoms with E-state index in [-0.39, 0.29) is 18.2 Å². The molecule has 5 heteroatoms. The van der Waals surface area contributed by atoms with Crippen LogP contribution >= 0.6 is 0 Å². The normalized spacial score (nSPS) is 10.5. The molecule has 1 rings (SSSR count). The molecule has 1 aromatic carbocycles. The molecule has 0 saturated heterocycles. The minimum atomic E-state index is -0.265. The Bertz CT molecular complexity index is 534. The van der Waals surface area contributed by atoms with Crippen LogP contribution in [0.2, 0.25) is 0 Å². The lowest BCUT2D eigenvalue weighted by molar-refractivity contribution is -0.143. The number of allylic oxidation sites excluding steroid dienone is 1. The summed E-state index contributed by atoms with van der Waals surface area (Å²) in [6.07, 6.45) is 4.31. The molecule has 0 unspecified atom stereocenters. The highest BCUT2D eigenvalue weighted by molar-refractivity contribution is 5.93. The largest absolute Gasteiger partial charge is 0.493 e. The smallest absolute Gasteiger partial charge is 0.305 e. The first-order valence-electron chi connectivity index (χ1n) is 7.19. The van der Waals surface area contributed by atoms with Crippen molar-refractivity contribution in [3.8, 4) is 11.5 Å². The topological polar surface area (TPSA) is 61.8 Å². The Kier molecular flexibility index (Phi) is 7.75. The average Bonchev–Trinajstić information content (AvgIpc) is 2.52. The van der Waals surface area contributed by atoms with E-state index >= 15 is 0 Å². The summed E-state index contributed by atoms with van der Waals surface area (Å²) in [5, 5.41) is 0. The number of rotatable bonds is 9. The molecule has 0 atom stereocenters. The van der Waals surface area contributed by atoms with Gasteiger partial charge in [-0.25, -0.2) is 0 Å². The minimum Gasteiger partial charge on any atom is -0.493 e. The van der Waals surface area contributed by atoms with E-state index < -0.39 is 0 Å². The van der Waals surface area contributed by atoms with E-state index in [1.165, 1.54) is 6.08 Å². The summed E-state index contributed by atoms with van der Waals surface area (Å²) in [5.74, 6) is 0.957. The highest BCUT2D eigenvalue weighted by atomic mass is 16.5. The van der Waals surface area contributed by atoms with Crippen molar-refractivity contribution in [2.45, 2.75) is 26.2 Å². The van der Waals surface area contributed by atoms with Gasteiger partial charge in [0.05, 0.1) is 20.8 Å². The van der Waals surface area contributed by atoms with Gasteiger partial charge in [-0.05, 0) is 37.1 Å². The van der Waals surface area contributed by atoms with Crippen molar-refractivity contribution in [2.75, 3.05) is 20.8 Å². The number of ketones is 1. The van der Waals surface area contributed by atoms with Gasteiger partial charge in [-0.2, -0.15) is 0 Å². The molecule has 0 N–H and O–H groups in total. The Morgan fingerprint density at radius 3 is 2.45 bits per heavy atom. The lowest BCUT2D eigenvalue weighted by Crippen LogP contribution is -2.04. The SMILES string of the molecule is CCOC(=O)CCCC(=O)/C=C/c1ccc(OC)c(OC)c1. The number of carbonyl (C=O) groups is 2. The quantitative estimate of drug-likeness (QED) is 0.518. The minimum absolute atomic E-state index is 0.0286. The fourth-order valence-electron chi connectivity index (χ4n) is 1.87. The van der Waals surface area contributed by atoms with Crippen LogP contribution in [0.1, 0.15) is 31.7 Å². The van der Waals surface area contributed by atoms with Crippen molar-refractivity contribution >= 4 is 17.8 Å². The summed E-state index contributed by atoms with van der Waals surface area (Å²) in [6.45, 7) is 2.13. The number of carbonyl (C=O) groups excluding carboxylic acids is 2. The number of benzene rings is 1. The van der Waals surface area contributed by atoms with Crippen LogP contribution in [0.25, 0.3) is 6.08 Å². The average molecular weight is 306 g/mol. The molecule has 22 heavy (non-hydrogen) atoms. The molecule has 120 valence electrons. The van der Waals surface area contributed by atoms with Crippen LogP contribution < -0.4 is 9.47 Å². The van der Waals surface area contributed by atoms with Crippen LogP contribution in [-0.2, 0) is 14.3 Å². The summed E-state index contributed by atoms with van der Waals surface area (Å²) < 4.78 is 15.2. The van der Waals surface area contributed by atoms with Gasteiger partial charge >= 0.3 is 5.97 Å². The second-order valence-electron chi connectivity index (χ2n) is 4.57. The van der Waals surface area contributed by atoms with E-state index in [4.69, 9.17) is 14.2 Å². The van der Waals surface area contributed by atoms with Gasteiger partial charge in [0.25, 0.3) is 0 Å². The molecule has 5 nitrogen and oxygen atoms in total. The van der Waals surface area contributed by atoms with E-state index in [0.29, 0.717) is 30.9 Å². The number of esters is 1. The first-order valence-corrected chi connectivity index (χ1v) is 7.19. The first kappa shape index (κ1) is 17.8. The van der Waals surface area contributed by atoms with Crippen molar-refractivity contribution in [2.24, 2.45) is 0 Å². The molecule has 0 aliphatic rings. The number of methoxy groups -OCH3 is 2. The molecule has 0 spiro atoms. The molecule has 0 heterocycles. The van der Waals surface area contributed by atoms with E-state index in [0.717, 1.165) is 5.56 Å². The van der Waals surface area contributed by atoms with E-state index in [1.54, 1.807) is 39.4 Å². The molecule has 1 aromatic rings. The molecule has 0 aromatic heterocycles. The lowest BCUT2D eigenvalue weighted by Gasteiger charge is -2.07. The Labute approximate surface area is 130 Å². The molecule has 0 saturated carbocycles. The van der Waals surface area contributed by atoms with E-state index in [9.17, 15) is 9.59 Å². The summed E-state index contributed by atoms with van der Waals surface area (Å²) in [6, 6.07) is 5.41. The maximum atomic E-state index is 11.7. The highest BCUT2D eigenvalue weighted by Crippen LogP contribution is 2.27. The number of hydrogen-bond donors (Lipinski definition) is 0. The lowest BCUT2D eigenvalue weighted by atomic mass is 10.1. The van der Waals surface area contributed by atoms with Crippen LogP contribution in [-0.4, -0.2) is 32.6 Å². The highest BCUT2D eigenvalue weighted by Gasteiger charge is 2.05. The number of ether oxygens (including phenoxy) is 3. The Morgan fingerprint density at radius 2 is 1.82 bits per heavy atom. The van der Waals surface area contributed by atoms with Crippen LogP contribution in [0.3, 0.4) is 0 Å². The zero-order valence-electron chi connectivity index (χ0n) is 13.3. The molecular weight excluding hydrogens is 284 g/mol. The standard InChI is InChI=1S/C17H22O5/c1-4-22-17(19)7-5-6-14(18)10-8-13-9-11-15(20-2)16(12-13)21-3/h8-12H,4-7H2,1-3H3/b10-8+. The van der Waals surface area contributed by atoms with Gasteiger partial charge in [-0.3, -0.25) is 9.59 Å². The predicted molar refractivity (Wildman–Crippen MR) is 84.1 cm³/mol.